The van der Waals surface area contributed by atoms with Crippen LogP contribution in [-0.4, -0.2) is 24.2 Å². The molecule has 1 rings (SSSR count). The first-order valence-electron chi connectivity index (χ1n) is 4.74. The standard InChI is InChI=1S/C11H13ClN2O2/c1-7(5-15)14-9-4-3-8(6-16)10(12)11(9)13-2/h3-5,13,16H,6H2,1-2H3. The van der Waals surface area contributed by atoms with Crippen molar-refractivity contribution in [3.8, 4) is 0 Å². The molecule has 0 radical (unpaired) electrons. The van der Waals surface area contributed by atoms with Gasteiger partial charge in [0.15, 0.2) is 6.29 Å². The normalized spacial score (nSPS) is 11.4. The van der Waals surface area contributed by atoms with Crippen molar-refractivity contribution in [3.63, 3.8) is 0 Å². The number of carbonyl (C=O) groups is 1. The van der Waals surface area contributed by atoms with E-state index in [2.05, 4.69) is 10.3 Å². The number of anilines is 1. The quantitative estimate of drug-likeness (QED) is 0.626. The summed E-state index contributed by atoms with van der Waals surface area (Å²) in [7, 11) is 1.71. The number of hydrogen-bond donors (Lipinski definition) is 2. The highest BCUT2D eigenvalue weighted by Gasteiger charge is 2.09. The number of rotatable bonds is 4. The third-order valence-electron chi connectivity index (χ3n) is 2.09. The molecule has 4 nitrogen and oxygen atoms in total. The zero-order chi connectivity index (χ0) is 12.1. The number of nitrogens with zero attached hydrogens (tertiary/aromatic N) is 1. The van der Waals surface area contributed by atoms with E-state index in [0.29, 0.717) is 34.0 Å². The molecule has 86 valence electrons. The third-order valence-corrected chi connectivity index (χ3v) is 2.52. The number of nitrogens with one attached hydrogen (secondary N) is 1. The van der Waals surface area contributed by atoms with Crippen LogP contribution in [0, 0.1) is 0 Å². The second-order valence-electron chi connectivity index (χ2n) is 3.21. The molecule has 0 aromatic heterocycles. The van der Waals surface area contributed by atoms with Crippen molar-refractivity contribution in [2.45, 2.75) is 13.5 Å². The van der Waals surface area contributed by atoms with Gasteiger partial charge in [0, 0.05) is 7.05 Å². The highest BCUT2D eigenvalue weighted by Crippen LogP contribution is 2.35. The molecule has 0 aliphatic carbocycles. The second-order valence-corrected chi connectivity index (χ2v) is 3.59. The van der Waals surface area contributed by atoms with Crippen molar-refractivity contribution in [1.29, 1.82) is 0 Å². The summed E-state index contributed by atoms with van der Waals surface area (Å²) < 4.78 is 0. The Kier molecular flexibility index (Phi) is 4.46. The fraction of sp³-hybridized carbons (Fsp3) is 0.273. The van der Waals surface area contributed by atoms with Gasteiger partial charge in [-0.25, -0.2) is 4.99 Å². The number of aliphatic imine (C=N–C) groups is 1. The van der Waals surface area contributed by atoms with Crippen LogP contribution in [0.1, 0.15) is 12.5 Å². The summed E-state index contributed by atoms with van der Waals surface area (Å²) in [4.78, 5) is 14.6. The Labute approximate surface area is 99.0 Å². The van der Waals surface area contributed by atoms with Crippen molar-refractivity contribution < 1.29 is 9.90 Å². The molecule has 0 spiro atoms. The molecule has 16 heavy (non-hydrogen) atoms. The summed E-state index contributed by atoms with van der Waals surface area (Å²) in [5, 5.41) is 12.4. The minimum absolute atomic E-state index is 0.135. The average Bonchev–Trinajstić information content (AvgIpc) is 2.29. The zero-order valence-electron chi connectivity index (χ0n) is 9.12. The van der Waals surface area contributed by atoms with E-state index in [0.717, 1.165) is 0 Å². The molecule has 1 aromatic carbocycles. The number of carbonyl (C=O) groups excluding carboxylic acids is 1. The second kappa shape index (κ2) is 5.63. The first-order valence-corrected chi connectivity index (χ1v) is 5.12. The van der Waals surface area contributed by atoms with Crippen LogP contribution in [-0.2, 0) is 11.4 Å². The summed E-state index contributed by atoms with van der Waals surface area (Å²) in [6.45, 7) is 1.48. The van der Waals surface area contributed by atoms with Crippen LogP contribution in [0.4, 0.5) is 11.4 Å². The maximum atomic E-state index is 10.5. The summed E-state index contributed by atoms with van der Waals surface area (Å²) >= 11 is 6.06. The van der Waals surface area contributed by atoms with E-state index in [9.17, 15) is 4.79 Å². The summed E-state index contributed by atoms with van der Waals surface area (Å²) in [5.41, 5.74) is 2.17. The van der Waals surface area contributed by atoms with Gasteiger partial charge >= 0.3 is 0 Å². The maximum Gasteiger partial charge on any atom is 0.163 e. The minimum atomic E-state index is -0.135. The topological polar surface area (TPSA) is 61.7 Å². The molecule has 0 fully saturated rings. The van der Waals surface area contributed by atoms with E-state index in [1.54, 1.807) is 26.1 Å². The van der Waals surface area contributed by atoms with Crippen LogP contribution in [0.15, 0.2) is 17.1 Å². The van der Waals surface area contributed by atoms with Gasteiger partial charge in [-0.3, -0.25) is 4.79 Å². The number of aliphatic hydroxyl groups excluding tert-OH is 1. The smallest absolute Gasteiger partial charge is 0.163 e. The summed E-state index contributed by atoms with van der Waals surface area (Å²) in [6.07, 6.45) is 0.674. The van der Waals surface area contributed by atoms with E-state index in [1.807, 2.05) is 0 Å². The monoisotopic (exact) mass is 240 g/mol. The Balaban J connectivity index is 3.31. The largest absolute Gasteiger partial charge is 0.392 e. The van der Waals surface area contributed by atoms with Gasteiger partial charge in [-0.15, -0.1) is 0 Å². The number of benzene rings is 1. The van der Waals surface area contributed by atoms with Gasteiger partial charge in [0.05, 0.1) is 28.7 Å². The molecule has 0 saturated carbocycles. The van der Waals surface area contributed by atoms with Crippen molar-refractivity contribution in [2.75, 3.05) is 12.4 Å². The van der Waals surface area contributed by atoms with E-state index in [1.165, 1.54) is 0 Å². The fourth-order valence-electron chi connectivity index (χ4n) is 1.28. The number of aldehydes is 1. The molecule has 0 unspecified atom stereocenters. The van der Waals surface area contributed by atoms with Crippen LogP contribution >= 0.6 is 11.6 Å². The van der Waals surface area contributed by atoms with Gasteiger partial charge in [0.1, 0.15) is 0 Å². The van der Waals surface area contributed by atoms with Gasteiger partial charge in [0.2, 0.25) is 0 Å². The zero-order valence-corrected chi connectivity index (χ0v) is 9.88. The molecule has 0 amide bonds. The first-order chi connectivity index (χ1) is 7.63. The fourth-order valence-corrected chi connectivity index (χ4v) is 1.59. The molecule has 0 atom stereocenters. The van der Waals surface area contributed by atoms with Crippen molar-refractivity contribution in [3.05, 3.63) is 22.7 Å². The van der Waals surface area contributed by atoms with Crippen LogP contribution in [0.5, 0.6) is 0 Å². The summed E-state index contributed by atoms with van der Waals surface area (Å²) in [5.74, 6) is 0. The SMILES string of the molecule is CNc1c(N=C(C)C=O)ccc(CO)c1Cl. The van der Waals surface area contributed by atoms with E-state index in [4.69, 9.17) is 16.7 Å². The molecular formula is C11H13ClN2O2. The molecule has 2 N–H and O–H groups in total. The molecule has 0 bridgehead atoms. The molecule has 0 heterocycles. The maximum absolute atomic E-state index is 10.5. The highest BCUT2D eigenvalue weighted by atomic mass is 35.5. The number of aliphatic hydroxyl groups is 1. The van der Waals surface area contributed by atoms with Gasteiger partial charge in [-0.2, -0.15) is 0 Å². The van der Waals surface area contributed by atoms with Gasteiger partial charge in [-0.1, -0.05) is 17.7 Å². The molecule has 0 aliphatic heterocycles. The Morgan fingerprint density at radius 3 is 2.81 bits per heavy atom. The Morgan fingerprint density at radius 2 is 2.31 bits per heavy atom. The predicted octanol–water partition coefficient (Wildman–Crippen LogP) is 2.17. The average molecular weight is 241 g/mol. The van der Waals surface area contributed by atoms with Crippen LogP contribution in [0.3, 0.4) is 0 Å². The summed E-state index contributed by atoms with van der Waals surface area (Å²) in [6, 6.07) is 3.39. The highest BCUT2D eigenvalue weighted by molar-refractivity contribution is 6.35. The Hall–Kier alpha value is -1.39. The third kappa shape index (κ3) is 2.59. The van der Waals surface area contributed by atoms with E-state index < -0.39 is 0 Å². The van der Waals surface area contributed by atoms with Gasteiger partial charge < -0.3 is 10.4 Å². The Bertz CT molecular complexity index is 430. The van der Waals surface area contributed by atoms with Gasteiger partial charge in [0.25, 0.3) is 0 Å². The van der Waals surface area contributed by atoms with E-state index >= 15 is 0 Å². The number of halogens is 1. The van der Waals surface area contributed by atoms with Crippen LogP contribution in [0.2, 0.25) is 5.02 Å². The van der Waals surface area contributed by atoms with Crippen LogP contribution < -0.4 is 5.32 Å². The number of hydrogen-bond acceptors (Lipinski definition) is 4. The lowest BCUT2D eigenvalue weighted by Gasteiger charge is -2.10. The lowest BCUT2D eigenvalue weighted by molar-refractivity contribution is -0.102. The molecule has 5 heteroatoms. The first kappa shape index (κ1) is 12.7. The molecular weight excluding hydrogens is 228 g/mol. The van der Waals surface area contributed by atoms with Crippen LogP contribution in [0.25, 0.3) is 0 Å². The molecule has 0 aliphatic rings. The lowest BCUT2D eigenvalue weighted by atomic mass is 10.1. The Morgan fingerprint density at radius 1 is 1.62 bits per heavy atom. The molecule has 1 aromatic rings. The van der Waals surface area contributed by atoms with Crippen molar-refractivity contribution in [1.82, 2.24) is 0 Å². The van der Waals surface area contributed by atoms with Crippen molar-refractivity contribution in [2.24, 2.45) is 4.99 Å². The van der Waals surface area contributed by atoms with Gasteiger partial charge in [-0.05, 0) is 18.6 Å². The lowest BCUT2D eigenvalue weighted by Crippen LogP contribution is -1.96. The predicted molar refractivity (Wildman–Crippen MR) is 65.8 cm³/mol. The van der Waals surface area contributed by atoms with Crippen molar-refractivity contribution >= 4 is 35.0 Å². The molecule has 0 saturated heterocycles. The minimum Gasteiger partial charge on any atom is -0.392 e. The van der Waals surface area contributed by atoms with E-state index in [-0.39, 0.29) is 6.61 Å².